The summed E-state index contributed by atoms with van der Waals surface area (Å²) in [5.41, 5.74) is 0.129. The Morgan fingerprint density at radius 3 is 2.55 bits per heavy atom. The largest absolute Gasteiger partial charge is 0.469 e. The first kappa shape index (κ1) is 25.4. The summed E-state index contributed by atoms with van der Waals surface area (Å²) in [7, 11) is 1.55. The summed E-state index contributed by atoms with van der Waals surface area (Å²) in [6.07, 6.45) is 8.23. The molecule has 4 fully saturated rings. The van der Waals surface area contributed by atoms with Crippen molar-refractivity contribution >= 4 is 5.97 Å². The van der Waals surface area contributed by atoms with E-state index in [4.69, 9.17) is 9.47 Å². The Kier molecular flexibility index (Phi) is 7.54. The van der Waals surface area contributed by atoms with E-state index in [1.807, 2.05) is 6.92 Å². The van der Waals surface area contributed by atoms with Crippen molar-refractivity contribution in [2.45, 2.75) is 104 Å². The van der Waals surface area contributed by atoms with Crippen molar-refractivity contribution in [3.8, 4) is 0 Å². The van der Waals surface area contributed by atoms with E-state index in [-0.39, 0.29) is 34.9 Å². The van der Waals surface area contributed by atoms with Gasteiger partial charge in [0, 0.05) is 12.6 Å². The smallest absolute Gasteiger partial charge is 0.309 e. The van der Waals surface area contributed by atoms with E-state index in [2.05, 4.69) is 33.0 Å². The molecular weight excluding hydrogens is 414 g/mol. The van der Waals surface area contributed by atoms with Crippen LogP contribution in [0.15, 0.2) is 0 Å². The predicted octanol–water partition coefficient (Wildman–Crippen LogP) is 4.81. The SMILES string of the molecule is CCOC1CC2CC[C@@H]3[C@@H](C(NCCC(C)C)C[C@]4(C)C(C(=O)OC)CC[C@@H]34)[C@@]2(C)CC1O. The Hall–Kier alpha value is -0.650. The first-order valence-corrected chi connectivity index (χ1v) is 13.8. The van der Waals surface area contributed by atoms with E-state index >= 15 is 0 Å². The molecule has 10 atom stereocenters. The summed E-state index contributed by atoms with van der Waals surface area (Å²) in [4.78, 5) is 12.8. The van der Waals surface area contributed by atoms with Gasteiger partial charge in [-0.2, -0.15) is 0 Å². The third-order valence-corrected chi connectivity index (χ3v) is 10.6. The number of nitrogens with one attached hydrogen (secondary N) is 1. The quantitative estimate of drug-likeness (QED) is 0.531. The third kappa shape index (κ3) is 4.40. The molecule has 0 heterocycles. The molecule has 4 rings (SSSR count). The number of aliphatic hydroxyl groups is 1. The fourth-order valence-electron chi connectivity index (χ4n) is 9.12. The average Bonchev–Trinajstić information content (AvgIpc) is 3.10. The summed E-state index contributed by atoms with van der Waals surface area (Å²) < 4.78 is 11.2. The van der Waals surface area contributed by atoms with E-state index in [1.54, 1.807) is 7.11 Å². The van der Waals surface area contributed by atoms with Crippen LogP contribution >= 0.6 is 0 Å². The second-order valence-corrected chi connectivity index (χ2v) is 12.7. The Morgan fingerprint density at radius 2 is 1.88 bits per heavy atom. The van der Waals surface area contributed by atoms with Gasteiger partial charge >= 0.3 is 5.97 Å². The molecule has 4 saturated carbocycles. The molecule has 0 radical (unpaired) electrons. The van der Waals surface area contributed by atoms with Gasteiger partial charge in [-0.1, -0.05) is 27.7 Å². The number of rotatable bonds is 7. The van der Waals surface area contributed by atoms with Gasteiger partial charge in [-0.3, -0.25) is 4.79 Å². The molecule has 33 heavy (non-hydrogen) atoms. The van der Waals surface area contributed by atoms with Crippen molar-refractivity contribution in [3.63, 3.8) is 0 Å². The van der Waals surface area contributed by atoms with Gasteiger partial charge in [0.05, 0.1) is 25.2 Å². The normalized spacial score (nSPS) is 47.0. The van der Waals surface area contributed by atoms with E-state index in [0.29, 0.717) is 42.2 Å². The lowest BCUT2D eigenvalue weighted by Crippen LogP contribution is -2.64. The van der Waals surface area contributed by atoms with Crippen LogP contribution in [0.5, 0.6) is 0 Å². The number of ether oxygens (including phenoxy) is 2. The lowest BCUT2D eigenvalue weighted by Gasteiger charge is -2.64. The number of aliphatic hydroxyl groups excluding tert-OH is 1. The van der Waals surface area contributed by atoms with E-state index in [0.717, 1.165) is 38.6 Å². The Bertz CT molecular complexity index is 697. The van der Waals surface area contributed by atoms with Crippen molar-refractivity contribution in [2.75, 3.05) is 20.3 Å². The lowest BCUT2D eigenvalue weighted by atomic mass is 9.43. The number of methoxy groups -OCH3 is 1. The molecule has 2 N–H and O–H groups in total. The molecule has 0 aromatic carbocycles. The van der Waals surface area contributed by atoms with Gasteiger partial charge in [-0.15, -0.1) is 0 Å². The Balaban J connectivity index is 1.65. The summed E-state index contributed by atoms with van der Waals surface area (Å²) in [5, 5.41) is 15.1. The number of esters is 1. The molecule has 0 aromatic rings. The first-order valence-electron chi connectivity index (χ1n) is 13.8. The van der Waals surface area contributed by atoms with Gasteiger partial charge in [-0.25, -0.2) is 0 Å². The average molecular weight is 464 g/mol. The number of hydrogen-bond donors (Lipinski definition) is 2. The zero-order chi connectivity index (χ0) is 24.0. The second-order valence-electron chi connectivity index (χ2n) is 12.7. The highest BCUT2D eigenvalue weighted by Crippen LogP contribution is 2.67. The number of hydrogen-bond acceptors (Lipinski definition) is 5. The van der Waals surface area contributed by atoms with Crippen LogP contribution in [0.25, 0.3) is 0 Å². The fraction of sp³-hybridized carbons (Fsp3) is 0.964. The zero-order valence-corrected chi connectivity index (χ0v) is 21.9. The van der Waals surface area contributed by atoms with Crippen molar-refractivity contribution in [2.24, 2.45) is 46.3 Å². The van der Waals surface area contributed by atoms with Gasteiger partial charge in [0.1, 0.15) is 0 Å². The minimum atomic E-state index is -0.374. The number of fused-ring (bicyclic) bond motifs is 5. The van der Waals surface area contributed by atoms with Gasteiger partial charge in [0.2, 0.25) is 0 Å². The Labute approximate surface area is 201 Å². The maximum absolute atomic E-state index is 12.8. The Morgan fingerprint density at radius 1 is 1.12 bits per heavy atom. The van der Waals surface area contributed by atoms with Crippen LogP contribution in [0.4, 0.5) is 0 Å². The standard InChI is InChI=1S/C28H49NO4/c1-7-33-24-14-18-8-9-19-20-10-11-21(26(31)32-6)28(20,5)15-22(29-13-12-17(2)3)25(19)27(18,4)16-23(24)30/h17-25,29-30H,7-16H2,1-6H3/t18?,19-,20-,21?,22?,23?,24?,25-,27-,28-/m0/s1. The molecular formula is C28H49NO4. The van der Waals surface area contributed by atoms with Crippen molar-refractivity contribution in [1.29, 1.82) is 0 Å². The molecule has 0 saturated heterocycles. The third-order valence-electron chi connectivity index (χ3n) is 10.6. The molecule has 5 unspecified atom stereocenters. The van der Waals surface area contributed by atoms with Crippen molar-refractivity contribution < 1.29 is 19.4 Å². The molecule has 5 nitrogen and oxygen atoms in total. The van der Waals surface area contributed by atoms with E-state index in [9.17, 15) is 9.90 Å². The molecule has 0 bridgehead atoms. The van der Waals surface area contributed by atoms with Crippen molar-refractivity contribution in [3.05, 3.63) is 0 Å². The first-order chi connectivity index (χ1) is 15.7. The summed E-state index contributed by atoms with van der Waals surface area (Å²) in [6, 6.07) is 0.392. The zero-order valence-electron chi connectivity index (χ0n) is 21.9. The van der Waals surface area contributed by atoms with Crippen LogP contribution in [0.3, 0.4) is 0 Å². The van der Waals surface area contributed by atoms with Crippen LogP contribution in [0.1, 0.15) is 86.0 Å². The minimum Gasteiger partial charge on any atom is -0.469 e. The summed E-state index contributed by atoms with van der Waals surface area (Å²) in [5.74, 6) is 3.04. The van der Waals surface area contributed by atoms with Crippen LogP contribution in [-0.4, -0.2) is 49.6 Å². The monoisotopic (exact) mass is 463 g/mol. The van der Waals surface area contributed by atoms with Crippen LogP contribution < -0.4 is 5.32 Å². The van der Waals surface area contributed by atoms with E-state index < -0.39 is 0 Å². The molecule has 4 aliphatic rings. The van der Waals surface area contributed by atoms with Gasteiger partial charge in [-0.05, 0) is 105 Å². The minimum absolute atomic E-state index is 0.00748. The summed E-state index contributed by atoms with van der Waals surface area (Å²) in [6.45, 7) is 13.2. The van der Waals surface area contributed by atoms with E-state index in [1.165, 1.54) is 19.3 Å². The fourth-order valence-corrected chi connectivity index (χ4v) is 9.12. The predicted molar refractivity (Wildman–Crippen MR) is 131 cm³/mol. The second kappa shape index (κ2) is 9.78. The molecule has 0 amide bonds. The maximum Gasteiger partial charge on any atom is 0.309 e. The molecule has 0 spiro atoms. The molecule has 5 heteroatoms. The van der Waals surface area contributed by atoms with Crippen LogP contribution in [-0.2, 0) is 14.3 Å². The van der Waals surface area contributed by atoms with Crippen LogP contribution in [0.2, 0.25) is 0 Å². The molecule has 0 aliphatic heterocycles. The molecule has 4 aliphatic carbocycles. The van der Waals surface area contributed by atoms with Gasteiger partial charge < -0.3 is 19.9 Å². The van der Waals surface area contributed by atoms with Crippen LogP contribution in [0, 0.1) is 46.3 Å². The van der Waals surface area contributed by atoms with Gasteiger partial charge in [0.25, 0.3) is 0 Å². The highest BCUT2D eigenvalue weighted by molar-refractivity contribution is 5.74. The summed E-state index contributed by atoms with van der Waals surface area (Å²) >= 11 is 0. The topological polar surface area (TPSA) is 67.8 Å². The highest BCUT2D eigenvalue weighted by Gasteiger charge is 2.65. The molecule has 190 valence electrons. The number of carbonyl (C=O) groups is 1. The maximum atomic E-state index is 12.8. The van der Waals surface area contributed by atoms with Crippen molar-refractivity contribution in [1.82, 2.24) is 5.32 Å². The molecule has 0 aromatic heterocycles. The van der Waals surface area contributed by atoms with Gasteiger partial charge in [0.15, 0.2) is 0 Å². The number of carbonyl (C=O) groups excluding carboxylic acids is 1. The highest BCUT2D eigenvalue weighted by atomic mass is 16.5. The lowest BCUT2D eigenvalue weighted by molar-refractivity contribution is -0.181.